The van der Waals surface area contributed by atoms with Crippen molar-refractivity contribution in [1.82, 2.24) is 4.90 Å². The van der Waals surface area contributed by atoms with Gasteiger partial charge in [0.05, 0.1) is 6.04 Å². The van der Waals surface area contributed by atoms with Gasteiger partial charge in [-0.15, -0.1) is 0 Å². The minimum atomic E-state index is -0.425. The Hall–Kier alpha value is -1.06. The van der Waals surface area contributed by atoms with Gasteiger partial charge in [0.25, 0.3) is 0 Å². The Kier molecular flexibility index (Phi) is 2.19. The van der Waals surface area contributed by atoms with E-state index in [0.29, 0.717) is 12.3 Å². The van der Waals surface area contributed by atoms with Crippen LogP contribution >= 0.6 is 0 Å². The van der Waals surface area contributed by atoms with Crippen LogP contribution in [-0.4, -0.2) is 29.0 Å². The zero-order chi connectivity index (χ0) is 13.3. The second-order valence-corrected chi connectivity index (χ2v) is 6.70. The van der Waals surface area contributed by atoms with Gasteiger partial charge in [0.1, 0.15) is 6.10 Å². The Morgan fingerprint density at radius 3 is 2.72 bits per heavy atom. The molecule has 4 nitrogen and oxygen atoms in total. The molecule has 3 rings (SSSR count). The monoisotopic (exact) mass is 251 g/mol. The van der Waals surface area contributed by atoms with Crippen LogP contribution in [0.2, 0.25) is 0 Å². The average Bonchev–Trinajstić information content (AvgIpc) is 2.81. The summed E-state index contributed by atoms with van der Waals surface area (Å²) in [7, 11) is 0. The van der Waals surface area contributed by atoms with Crippen molar-refractivity contribution >= 4 is 12.0 Å². The van der Waals surface area contributed by atoms with Crippen molar-refractivity contribution in [1.29, 1.82) is 0 Å². The highest BCUT2D eigenvalue weighted by Crippen LogP contribution is 2.68. The molecule has 0 unspecified atom stereocenters. The first-order valence-corrected chi connectivity index (χ1v) is 6.87. The molecule has 0 aromatic rings. The van der Waals surface area contributed by atoms with Gasteiger partial charge in [0.15, 0.2) is 0 Å². The molecule has 0 spiro atoms. The zero-order valence-electron chi connectivity index (χ0n) is 11.5. The van der Waals surface area contributed by atoms with Crippen LogP contribution in [0.1, 0.15) is 47.0 Å². The number of amides is 2. The zero-order valence-corrected chi connectivity index (χ0v) is 11.5. The Morgan fingerprint density at radius 2 is 2.11 bits per heavy atom. The van der Waals surface area contributed by atoms with Crippen LogP contribution in [0.3, 0.4) is 0 Å². The fraction of sp³-hybridized carbons (Fsp3) is 0.857. The first-order chi connectivity index (χ1) is 8.34. The lowest BCUT2D eigenvalue weighted by atomic mass is 9.70. The van der Waals surface area contributed by atoms with E-state index >= 15 is 0 Å². The number of carbonyl (C=O) groups is 2. The highest BCUT2D eigenvalue weighted by atomic mass is 16.6. The summed E-state index contributed by atoms with van der Waals surface area (Å²) >= 11 is 0. The van der Waals surface area contributed by atoms with Crippen molar-refractivity contribution < 1.29 is 14.3 Å². The molecule has 3 fully saturated rings. The SMILES string of the molecule is CCC(=O)N1C(=O)O[C@@H]2[C@H]1[C@H]1CC[C@]2(C)C1(C)C. The van der Waals surface area contributed by atoms with E-state index in [0.717, 1.165) is 12.8 Å². The molecule has 0 N–H and O–H groups in total. The number of ether oxygens (including phenoxy) is 1. The number of hydrogen-bond acceptors (Lipinski definition) is 3. The summed E-state index contributed by atoms with van der Waals surface area (Å²) in [6.07, 6.45) is 2.02. The number of imide groups is 1. The van der Waals surface area contributed by atoms with Gasteiger partial charge < -0.3 is 4.74 Å². The molecule has 0 aromatic heterocycles. The minimum absolute atomic E-state index is 0.0146. The normalized spacial score (nSPS) is 44.1. The molecule has 2 amide bonds. The minimum Gasteiger partial charge on any atom is -0.443 e. The topological polar surface area (TPSA) is 46.6 Å². The second kappa shape index (κ2) is 3.28. The van der Waals surface area contributed by atoms with E-state index in [1.807, 2.05) is 0 Å². The third-order valence-corrected chi connectivity index (χ3v) is 6.02. The number of fused-ring (bicyclic) bond motifs is 5. The molecule has 100 valence electrons. The fourth-order valence-corrected chi connectivity index (χ4v) is 4.50. The van der Waals surface area contributed by atoms with E-state index in [1.165, 1.54) is 4.90 Å². The smallest absolute Gasteiger partial charge is 0.417 e. The predicted molar refractivity (Wildman–Crippen MR) is 65.8 cm³/mol. The molecule has 1 aliphatic heterocycles. The maximum atomic E-state index is 12.0. The Labute approximate surface area is 108 Å². The Morgan fingerprint density at radius 1 is 1.44 bits per heavy atom. The fourth-order valence-electron chi connectivity index (χ4n) is 4.50. The van der Waals surface area contributed by atoms with Gasteiger partial charge in [-0.1, -0.05) is 27.7 Å². The van der Waals surface area contributed by atoms with Crippen molar-refractivity contribution in [3.63, 3.8) is 0 Å². The van der Waals surface area contributed by atoms with Gasteiger partial charge in [0.2, 0.25) is 5.91 Å². The molecule has 18 heavy (non-hydrogen) atoms. The van der Waals surface area contributed by atoms with Crippen LogP contribution in [0.4, 0.5) is 4.79 Å². The van der Waals surface area contributed by atoms with Gasteiger partial charge in [-0.2, -0.15) is 0 Å². The lowest BCUT2D eigenvalue weighted by Gasteiger charge is -2.36. The van der Waals surface area contributed by atoms with Crippen LogP contribution < -0.4 is 0 Å². The summed E-state index contributed by atoms with van der Waals surface area (Å²) in [5, 5.41) is 0. The third-order valence-electron chi connectivity index (χ3n) is 6.02. The summed E-state index contributed by atoms with van der Waals surface area (Å²) in [4.78, 5) is 25.3. The van der Waals surface area contributed by atoms with Gasteiger partial charge in [-0.05, 0) is 24.2 Å². The lowest BCUT2D eigenvalue weighted by molar-refractivity contribution is -0.129. The van der Waals surface area contributed by atoms with E-state index in [-0.39, 0.29) is 28.9 Å². The molecule has 1 heterocycles. The van der Waals surface area contributed by atoms with Gasteiger partial charge in [-0.25, -0.2) is 9.69 Å². The average molecular weight is 251 g/mol. The van der Waals surface area contributed by atoms with Crippen molar-refractivity contribution in [3.8, 4) is 0 Å². The summed E-state index contributed by atoms with van der Waals surface area (Å²) in [6.45, 7) is 8.52. The molecule has 2 saturated carbocycles. The van der Waals surface area contributed by atoms with E-state index in [9.17, 15) is 9.59 Å². The first kappa shape index (κ1) is 12.0. The van der Waals surface area contributed by atoms with Gasteiger partial charge in [0, 0.05) is 11.8 Å². The quantitative estimate of drug-likeness (QED) is 0.719. The molecular weight excluding hydrogens is 230 g/mol. The van der Waals surface area contributed by atoms with Crippen molar-refractivity contribution in [2.45, 2.75) is 59.1 Å². The Bertz CT molecular complexity index is 431. The first-order valence-electron chi connectivity index (χ1n) is 6.87. The summed E-state index contributed by atoms with van der Waals surface area (Å²) in [5.74, 6) is 0.286. The molecular formula is C14H21NO3. The molecule has 3 aliphatic rings. The van der Waals surface area contributed by atoms with Crippen LogP contribution in [0.15, 0.2) is 0 Å². The molecule has 2 bridgehead atoms. The summed E-state index contributed by atoms with van der Waals surface area (Å²) in [5.41, 5.74) is 0.149. The van der Waals surface area contributed by atoms with Crippen molar-refractivity contribution in [2.24, 2.45) is 16.7 Å². The number of nitrogens with zero attached hydrogens (tertiary/aromatic N) is 1. The highest BCUT2D eigenvalue weighted by Gasteiger charge is 2.72. The molecule has 2 aliphatic carbocycles. The summed E-state index contributed by atoms with van der Waals surface area (Å²) in [6, 6.07) is -0.0290. The van der Waals surface area contributed by atoms with Crippen molar-refractivity contribution in [3.05, 3.63) is 0 Å². The maximum Gasteiger partial charge on any atom is 0.417 e. The van der Waals surface area contributed by atoms with Crippen molar-refractivity contribution in [2.75, 3.05) is 0 Å². The van der Waals surface area contributed by atoms with E-state index < -0.39 is 6.09 Å². The van der Waals surface area contributed by atoms with Crippen LogP contribution in [0, 0.1) is 16.7 Å². The Balaban J connectivity index is 2.03. The predicted octanol–water partition coefficient (Wildman–Crippen LogP) is 2.57. The lowest BCUT2D eigenvalue weighted by Crippen LogP contribution is -2.45. The van der Waals surface area contributed by atoms with E-state index in [1.54, 1.807) is 6.92 Å². The highest BCUT2D eigenvalue weighted by molar-refractivity contribution is 5.94. The van der Waals surface area contributed by atoms with Crippen LogP contribution in [0.25, 0.3) is 0 Å². The van der Waals surface area contributed by atoms with E-state index in [2.05, 4.69) is 20.8 Å². The van der Waals surface area contributed by atoms with E-state index in [4.69, 9.17) is 4.74 Å². The molecule has 4 heteroatoms. The number of carbonyl (C=O) groups excluding carboxylic acids is 2. The molecule has 4 atom stereocenters. The molecule has 0 radical (unpaired) electrons. The summed E-state index contributed by atoms with van der Waals surface area (Å²) < 4.78 is 5.56. The molecule has 1 saturated heterocycles. The molecule has 0 aromatic carbocycles. The largest absolute Gasteiger partial charge is 0.443 e. The third kappa shape index (κ3) is 1.08. The number of rotatable bonds is 1. The van der Waals surface area contributed by atoms with Crippen LogP contribution in [0.5, 0.6) is 0 Å². The van der Waals surface area contributed by atoms with Gasteiger partial charge in [-0.3, -0.25) is 4.79 Å². The second-order valence-electron chi connectivity index (χ2n) is 6.70. The van der Waals surface area contributed by atoms with Crippen LogP contribution in [-0.2, 0) is 9.53 Å². The van der Waals surface area contributed by atoms with Gasteiger partial charge >= 0.3 is 6.09 Å². The number of hydrogen-bond donors (Lipinski definition) is 0. The maximum absolute atomic E-state index is 12.0. The standard InChI is InChI=1S/C14H21NO3/c1-5-9(16)15-10-8-6-7-14(4,13(8,2)3)11(10)18-12(15)17/h8,10-11H,5-7H2,1-4H3/t8-,10-,11-,14+/m1/s1.